The van der Waals surface area contributed by atoms with E-state index in [1.807, 2.05) is 6.92 Å². The van der Waals surface area contributed by atoms with Crippen molar-refractivity contribution in [3.05, 3.63) is 76.6 Å². The highest BCUT2D eigenvalue weighted by molar-refractivity contribution is 7.90. The Balaban J connectivity index is 2.12. The third-order valence-corrected chi connectivity index (χ3v) is 5.18. The summed E-state index contributed by atoms with van der Waals surface area (Å²) in [5, 5.41) is 10.9. The molecular weight excluding hydrogens is 330 g/mol. The molecule has 122 valence electrons. The lowest BCUT2D eigenvalue weighted by molar-refractivity contribution is -0.384. The van der Waals surface area contributed by atoms with Crippen LogP contribution in [0.25, 0.3) is 11.4 Å². The summed E-state index contributed by atoms with van der Waals surface area (Å²) in [4.78, 5) is 14.6. The van der Waals surface area contributed by atoms with Gasteiger partial charge in [-0.15, -0.1) is 0 Å². The predicted molar refractivity (Wildman–Crippen MR) is 88.1 cm³/mol. The standard InChI is InChI=1S/C16H13N3O4S/c1-12-5-7-15(8-6-12)24(22,23)18-10-9-17-16(18)13-3-2-4-14(11-13)19(20)21/h2-11H,1H3. The summed E-state index contributed by atoms with van der Waals surface area (Å²) in [6.07, 6.45) is 2.67. The number of aryl methyl sites for hydroxylation is 1. The van der Waals surface area contributed by atoms with Gasteiger partial charge in [0.2, 0.25) is 0 Å². The van der Waals surface area contributed by atoms with Crippen molar-refractivity contribution >= 4 is 15.7 Å². The maximum Gasteiger partial charge on any atom is 0.270 e. The zero-order valence-corrected chi connectivity index (χ0v) is 13.5. The van der Waals surface area contributed by atoms with Crippen LogP contribution >= 0.6 is 0 Å². The lowest BCUT2D eigenvalue weighted by Gasteiger charge is -2.09. The summed E-state index contributed by atoms with van der Waals surface area (Å²) >= 11 is 0. The predicted octanol–water partition coefficient (Wildman–Crippen LogP) is 3.00. The van der Waals surface area contributed by atoms with E-state index in [1.54, 1.807) is 18.2 Å². The summed E-state index contributed by atoms with van der Waals surface area (Å²) < 4.78 is 26.6. The normalized spacial score (nSPS) is 11.4. The van der Waals surface area contributed by atoms with Crippen LogP contribution in [0.5, 0.6) is 0 Å². The molecule has 0 aliphatic heterocycles. The molecule has 2 aromatic carbocycles. The number of imidazole rings is 1. The molecule has 1 heterocycles. The molecule has 0 amide bonds. The Morgan fingerprint density at radius 3 is 2.50 bits per heavy atom. The molecule has 7 nitrogen and oxygen atoms in total. The van der Waals surface area contributed by atoms with E-state index in [0.717, 1.165) is 9.54 Å². The molecule has 1 aromatic heterocycles. The summed E-state index contributed by atoms with van der Waals surface area (Å²) in [6.45, 7) is 1.86. The fourth-order valence-corrected chi connectivity index (χ4v) is 3.57. The van der Waals surface area contributed by atoms with Crippen LogP contribution in [0, 0.1) is 17.0 Å². The van der Waals surface area contributed by atoms with Gasteiger partial charge in [-0.25, -0.2) is 17.4 Å². The number of aromatic nitrogens is 2. The van der Waals surface area contributed by atoms with Crippen LogP contribution in [0.15, 0.2) is 65.8 Å². The van der Waals surface area contributed by atoms with Crippen molar-refractivity contribution in [2.45, 2.75) is 11.8 Å². The van der Waals surface area contributed by atoms with E-state index in [0.29, 0.717) is 5.56 Å². The molecule has 0 N–H and O–H groups in total. The maximum absolute atomic E-state index is 12.8. The second-order valence-corrected chi connectivity index (χ2v) is 6.99. The molecule has 8 heteroatoms. The van der Waals surface area contributed by atoms with Gasteiger partial charge in [-0.1, -0.05) is 29.8 Å². The zero-order valence-electron chi connectivity index (χ0n) is 12.7. The molecule has 24 heavy (non-hydrogen) atoms. The van der Waals surface area contributed by atoms with Crippen LogP contribution in [0.3, 0.4) is 0 Å². The van der Waals surface area contributed by atoms with Crippen molar-refractivity contribution in [3.63, 3.8) is 0 Å². The van der Waals surface area contributed by atoms with Crippen molar-refractivity contribution in [2.75, 3.05) is 0 Å². The minimum Gasteiger partial charge on any atom is -0.258 e. The molecule has 0 bridgehead atoms. The number of benzene rings is 2. The smallest absolute Gasteiger partial charge is 0.258 e. The molecule has 0 unspecified atom stereocenters. The highest BCUT2D eigenvalue weighted by Gasteiger charge is 2.21. The third-order valence-electron chi connectivity index (χ3n) is 3.50. The van der Waals surface area contributed by atoms with Crippen molar-refractivity contribution in [1.82, 2.24) is 8.96 Å². The number of non-ortho nitro benzene ring substituents is 1. The molecule has 0 spiro atoms. The van der Waals surface area contributed by atoms with Gasteiger partial charge in [0.15, 0.2) is 5.82 Å². The molecule has 0 radical (unpaired) electrons. The van der Waals surface area contributed by atoms with Gasteiger partial charge in [0, 0.05) is 30.1 Å². The lowest BCUT2D eigenvalue weighted by Crippen LogP contribution is -2.13. The number of hydrogen-bond acceptors (Lipinski definition) is 5. The Bertz CT molecular complexity index is 1010. The third kappa shape index (κ3) is 2.79. The van der Waals surface area contributed by atoms with E-state index in [9.17, 15) is 18.5 Å². The summed E-state index contributed by atoms with van der Waals surface area (Å²) in [7, 11) is -3.84. The molecule has 0 saturated heterocycles. The minimum atomic E-state index is -3.84. The van der Waals surface area contributed by atoms with E-state index in [4.69, 9.17) is 0 Å². The van der Waals surface area contributed by atoms with Gasteiger partial charge in [-0.2, -0.15) is 0 Å². The first-order valence-corrected chi connectivity index (χ1v) is 8.44. The Labute approximate surface area is 138 Å². The summed E-state index contributed by atoms with van der Waals surface area (Å²) in [5.41, 5.74) is 1.16. The first-order chi connectivity index (χ1) is 11.4. The quantitative estimate of drug-likeness (QED) is 0.536. The van der Waals surface area contributed by atoms with Gasteiger partial charge in [0.1, 0.15) is 0 Å². The monoisotopic (exact) mass is 343 g/mol. The summed E-state index contributed by atoms with van der Waals surface area (Å²) in [5.74, 6) is 0.124. The van der Waals surface area contributed by atoms with E-state index in [2.05, 4.69) is 4.98 Å². The fourth-order valence-electron chi connectivity index (χ4n) is 2.27. The van der Waals surface area contributed by atoms with E-state index in [1.165, 1.54) is 42.7 Å². The van der Waals surface area contributed by atoms with Crippen LogP contribution in [0.1, 0.15) is 5.56 Å². The lowest BCUT2D eigenvalue weighted by atomic mass is 10.2. The molecule has 0 saturated carbocycles. The van der Waals surface area contributed by atoms with E-state index < -0.39 is 14.9 Å². The topological polar surface area (TPSA) is 95.1 Å². The van der Waals surface area contributed by atoms with Crippen molar-refractivity contribution in [2.24, 2.45) is 0 Å². The maximum atomic E-state index is 12.8. The van der Waals surface area contributed by atoms with Gasteiger partial charge in [0.05, 0.1) is 9.82 Å². The first-order valence-electron chi connectivity index (χ1n) is 7.00. The van der Waals surface area contributed by atoms with E-state index >= 15 is 0 Å². The molecule has 0 atom stereocenters. The Morgan fingerprint density at radius 1 is 1.12 bits per heavy atom. The van der Waals surface area contributed by atoms with Crippen molar-refractivity contribution in [3.8, 4) is 11.4 Å². The van der Waals surface area contributed by atoms with Gasteiger partial charge < -0.3 is 0 Å². The zero-order chi connectivity index (χ0) is 17.3. The van der Waals surface area contributed by atoms with Crippen molar-refractivity contribution < 1.29 is 13.3 Å². The minimum absolute atomic E-state index is 0.123. The van der Waals surface area contributed by atoms with Crippen LogP contribution in [0.4, 0.5) is 5.69 Å². The van der Waals surface area contributed by atoms with Crippen LogP contribution < -0.4 is 0 Å². The Morgan fingerprint density at radius 2 is 1.83 bits per heavy atom. The van der Waals surface area contributed by atoms with Gasteiger partial charge in [0.25, 0.3) is 15.7 Å². The second-order valence-electron chi connectivity index (χ2n) is 5.17. The van der Waals surface area contributed by atoms with Crippen LogP contribution in [-0.4, -0.2) is 22.3 Å². The molecular formula is C16H13N3O4S. The molecule has 0 aliphatic rings. The number of nitro benzene ring substituents is 1. The number of hydrogen-bond donors (Lipinski definition) is 0. The van der Waals surface area contributed by atoms with Gasteiger partial charge in [-0.3, -0.25) is 10.1 Å². The summed E-state index contributed by atoms with van der Waals surface area (Å²) in [6, 6.07) is 12.1. The fraction of sp³-hybridized carbons (Fsp3) is 0.0625. The van der Waals surface area contributed by atoms with E-state index in [-0.39, 0.29) is 16.4 Å². The first kappa shape index (κ1) is 15.9. The molecule has 3 aromatic rings. The molecule has 0 fully saturated rings. The number of nitro groups is 1. The van der Waals surface area contributed by atoms with Gasteiger partial charge in [-0.05, 0) is 19.1 Å². The van der Waals surface area contributed by atoms with Crippen molar-refractivity contribution in [1.29, 1.82) is 0 Å². The number of rotatable bonds is 4. The van der Waals surface area contributed by atoms with Gasteiger partial charge >= 0.3 is 0 Å². The Hall–Kier alpha value is -3.00. The molecule has 0 aliphatic carbocycles. The van der Waals surface area contributed by atoms with Crippen LogP contribution in [0.2, 0.25) is 0 Å². The average Bonchev–Trinajstić information content (AvgIpc) is 3.06. The highest BCUT2D eigenvalue weighted by Crippen LogP contribution is 2.25. The second kappa shape index (κ2) is 5.89. The average molecular weight is 343 g/mol. The highest BCUT2D eigenvalue weighted by atomic mass is 32.2. The Kier molecular flexibility index (Phi) is 3.90. The van der Waals surface area contributed by atoms with Crippen LogP contribution in [-0.2, 0) is 10.0 Å². The molecule has 3 rings (SSSR count). The largest absolute Gasteiger partial charge is 0.270 e. The SMILES string of the molecule is Cc1ccc(S(=O)(=O)n2ccnc2-c2cccc([N+](=O)[O-])c2)cc1. The number of nitrogens with zero attached hydrogens (tertiary/aromatic N) is 3.